The summed E-state index contributed by atoms with van der Waals surface area (Å²) in [6, 6.07) is 6.13. The molecule has 2 rings (SSSR count). The van der Waals surface area contributed by atoms with Gasteiger partial charge in [-0.1, -0.05) is 0 Å². The molecule has 19 heavy (non-hydrogen) atoms. The molecule has 0 bridgehead atoms. The molecule has 96 valence electrons. The number of hydrogen-bond donors (Lipinski definition) is 1. The highest BCUT2D eigenvalue weighted by molar-refractivity contribution is 5.69. The minimum atomic E-state index is -0.448. The van der Waals surface area contributed by atoms with Crippen LogP contribution in [0.1, 0.15) is 17.0 Å². The maximum absolute atomic E-state index is 13.5. The lowest BCUT2D eigenvalue weighted by atomic mass is 10.0. The highest BCUT2D eigenvalue weighted by Gasteiger charge is 2.12. The van der Waals surface area contributed by atoms with E-state index in [9.17, 15) is 4.39 Å². The second kappa shape index (κ2) is 5.02. The number of anilines is 1. The summed E-state index contributed by atoms with van der Waals surface area (Å²) in [6.45, 7) is 3.63. The first kappa shape index (κ1) is 13.0. The number of hydrogen-bond acceptors (Lipinski definition) is 4. The molecule has 0 fully saturated rings. The molecule has 1 heterocycles. The van der Waals surface area contributed by atoms with Gasteiger partial charge < -0.3 is 5.32 Å². The average Bonchev–Trinajstić information content (AvgIpc) is 2.40. The number of benzene rings is 1. The van der Waals surface area contributed by atoms with Crippen LogP contribution in [0, 0.1) is 31.0 Å². The van der Waals surface area contributed by atoms with Crippen LogP contribution in [0.25, 0.3) is 11.3 Å². The van der Waals surface area contributed by atoms with Gasteiger partial charge in [0, 0.05) is 18.2 Å². The molecule has 0 unspecified atom stereocenters. The molecule has 0 spiro atoms. The van der Waals surface area contributed by atoms with Crippen molar-refractivity contribution in [1.29, 1.82) is 5.26 Å². The summed E-state index contributed by atoms with van der Waals surface area (Å²) < 4.78 is 13.5. The number of nitrogens with one attached hydrogen (secondary N) is 1. The van der Waals surface area contributed by atoms with Gasteiger partial charge in [-0.3, -0.25) is 0 Å². The second-order valence-electron chi connectivity index (χ2n) is 4.18. The molecule has 2 aromatic rings. The van der Waals surface area contributed by atoms with Crippen molar-refractivity contribution in [2.75, 3.05) is 12.4 Å². The summed E-state index contributed by atoms with van der Waals surface area (Å²) in [7, 11) is 1.77. The summed E-state index contributed by atoms with van der Waals surface area (Å²) in [5.74, 6) is 0.841. The Morgan fingerprint density at radius 1 is 1.21 bits per heavy atom. The van der Waals surface area contributed by atoms with Crippen molar-refractivity contribution in [3.8, 4) is 17.3 Å². The third-order valence-electron chi connectivity index (χ3n) is 2.79. The molecule has 0 aliphatic rings. The monoisotopic (exact) mass is 256 g/mol. The zero-order chi connectivity index (χ0) is 14.0. The molecular formula is C14H13FN4. The van der Waals surface area contributed by atoms with Gasteiger partial charge in [-0.2, -0.15) is 5.26 Å². The minimum absolute atomic E-state index is 0.275. The predicted molar refractivity (Wildman–Crippen MR) is 71.2 cm³/mol. The normalized spacial score (nSPS) is 10.1. The molecule has 1 aromatic heterocycles. The Hall–Kier alpha value is -2.48. The van der Waals surface area contributed by atoms with E-state index in [1.807, 2.05) is 13.0 Å². The van der Waals surface area contributed by atoms with Crippen LogP contribution in [-0.2, 0) is 0 Å². The lowest BCUT2D eigenvalue weighted by molar-refractivity contribution is 0.627. The van der Waals surface area contributed by atoms with E-state index in [-0.39, 0.29) is 5.56 Å². The van der Waals surface area contributed by atoms with Gasteiger partial charge in [0.05, 0.1) is 17.3 Å². The van der Waals surface area contributed by atoms with E-state index in [1.54, 1.807) is 20.0 Å². The first-order valence-electron chi connectivity index (χ1n) is 5.79. The van der Waals surface area contributed by atoms with Crippen LogP contribution in [0.2, 0.25) is 0 Å². The average molecular weight is 256 g/mol. The second-order valence-corrected chi connectivity index (χ2v) is 4.18. The Morgan fingerprint density at radius 2 is 1.95 bits per heavy atom. The van der Waals surface area contributed by atoms with Crippen LogP contribution in [0.5, 0.6) is 0 Å². The number of nitrogens with zero attached hydrogens (tertiary/aromatic N) is 3. The number of nitriles is 1. The van der Waals surface area contributed by atoms with Crippen molar-refractivity contribution in [1.82, 2.24) is 9.97 Å². The van der Waals surface area contributed by atoms with E-state index in [2.05, 4.69) is 15.3 Å². The van der Waals surface area contributed by atoms with Crippen LogP contribution in [0.4, 0.5) is 10.2 Å². The first-order valence-corrected chi connectivity index (χ1v) is 5.79. The van der Waals surface area contributed by atoms with Gasteiger partial charge in [-0.15, -0.1) is 0 Å². The van der Waals surface area contributed by atoms with E-state index in [1.165, 1.54) is 12.1 Å². The van der Waals surface area contributed by atoms with Crippen LogP contribution in [0.3, 0.4) is 0 Å². The van der Waals surface area contributed by atoms with E-state index >= 15 is 0 Å². The topological polar surface area (TPSA) is 61.6 Å². The number of halogens is 1. The van der Waals surface area contributed by atoms with Crippen molar-refractivity contribution < 1.29 is 4.39 Å². The van der Waals surface area contributed by atoms with E-state index in [0.717, 1.165) is 5.56 Å². The van der Waals surface area contributed by atoms with Crippen molar-refractivity contribution in [3.05, 3.63) is 41.0 Å². The third kappa shape index (κ3) is 2.52. The SMILES string of the molecule is CNc1nc(C)nc(-c2cc(F)cc(C#N)c2)c1C. The number of aryl methyl sites for hydroxylation is 1. The molecule has 0 aliphatic carbocycles. The zero-order valence-electron chi connectivity index (χ0n) is 11.0. The summed E-state index contributed by atoms with van der Waals surface area (Å²) in [5, 5.41) is 11.9. The van der Waals surface area contributed by atoms with E-state index in [4.69, 9.17) is 5.26 Å². The molecule has 0 aliphatic heterocycles. The van der Waals surface area contributed by atoms with Gasteiger partial charge in [-0.05, 0) is 32.0 Å². The maximum atomic E-state index is 13.5. The maximum Gasteiger partial charge on any atom is 0.132 e. The Kier molecular flexibility index (Phi) is 3.43. The van der Waals surface area contributed by atoms with Gasteiger partial charge in [-0.25, -0.2) is 14.4 Å². The summed E-state index contributed by atoms with van der Waals surface area (Å²) in [5.41, 5.74) is 2.31. The van der Waals surface area contributed by atoms with E-state index in [0.29, 0.717) is 22.9 Å². The molecule has 1 aromatic carbocycles. The predicted octanol–water partition coefficient (Wildman–Crippen LogP) is 2.81. The summed E-state index contributed by atoms with van der Waals surface area (Å²) in [4.78, 5) is 8.60. The van der Waals surface area contributed by atoms with Crippen LogP contribution < -0.4 is 5.32 Å². The van der Waals surface area contributed by atoms with Gasteiger partial charge in [0.25, 0.3) is 0 Å². The molecule has 0 atom stereocenters. The van der Waals surface area contributed by atoms with Crippen molar-refractivity contribution >= 4 is 5.82 Å². The molecule has 1 N–H and O–H groups in total. The summed E-state index contributed by atoms with van der Waals surface area (Å²) in [6.07, 6.45) is 0. The largest absolute Gasteiger partial charge is 0.373 e. The van der Waals surface area contributed by atoms with E-state index < -0.39 is 5.82 Å². The molecule has 4 nitrogen and oxygen atoms in total. The minimum Gasteiger partial charge on any atom is -0.373 e. The fourth-order valence-electron chi connectivity index (χ4n) is 1.94. The standard InChI is InChI=1S/C14H13FN4/c1-8-13(18-9(2)19-14(8)17-3)11-4-10(7-16)5-12(15)6-11/h4-6H,1-3H3,(H,17,18,19). The van der Waals surface area contributed by atoms with Crippen LogP contribution >= 0.6 is 0 Å². The molecular weight excluding hydrogens is 243 g/mol. The van der Waals surface area contributed by atoms with Gasteiger partial charge >= 0.3 is 0 Å². The number of rotatable bonds is 2. The lowest BCUT2D eigenvalue weighted by Crippen LogP contribution is -2.03. The number of aromatic nitrogens is 2. The molecule has 5 heteroatoms. The fraction of sp³-hybridized carbons (Fsp3) is 0.214. The smallest absolute Gasteiger partial charge is 0.132 e. The van der Waals surface area contributed by atoms with Gasteiger partial charge in [0.2, 0.25) is 0 Å². The first-order chi connectivity index (χ1) is 9.05. The van der Waals surface area contributed by atoms with Crippen LogP contribution in [-0.4, -0.2) is 17.0 Å². The van der Waals surface area contributed by atoms with Gasteiger partial charge in [0.1, 0.15) is 17.5 Å². The van der Waals surface area contributed by atoms with Crippen molar-refractivity contribution in [2.45, 2.75) is 13.8 Å². The van der Waals surface area contributed by atoms with Crippen molar-refractivity contribution in [2.24, 2.45) is 0 Å². The molecule has 0 saturated heterocycles. The highest BCUT2D eigenvalue weighted by atomic mass is 19.1. The Bertz CT molecular complexity index is 674. The zero-order valence-corrected chi connectivity index (χ0v) is 11.0. The quantitative estimate of drug-likeness (QED) is 0.897. The van der Waals surface area contributed by atoms with Gasteiger partial charge in [0.15, 0.2) is 0 Å². The third-order valence-corrected chi connectivity index (χ3v) is 2.79. The lowest BCUT2D eigenvalue weighted by Gasteiger charge is -2.11. The molecule has 0 amide bonds. The highest BCUT2D eigenvalue weighted by Crippen LogP contribution is 2.27. The fourth-order valence-corrected chi connectivity index (χ4v) is 1.94. The van der Waals surface area contributed by atoms with Crippen LogP contribution in [0.15, 0.2) is 18.2 Å². The van der Waals surface area contributed by atoms with Crippen molar-refractivity contribution in [3.63, 3.8) is 0 Å². The Labute approximate surface area is 110 Å². The Balaban J connectivity index is 2.68. The molecule has 0 saturated carbocycles. The molecule has 0 radical (unpaired) electrons. The Morgan fingerprint density at radius 3 is 2.58 bits per heavy atom. The summed E-state index contributed by atoms with van der Waals surface area (Å²) >= 11 is 0.